The molecule has 0 aromatic heterocycles. The number of urea groups is 1. The van der Waals surface area contributed by atoms with Gasteiger partial charge in [0.15, 0.2) is 5.92 Å². The lowest BCUT2D eigenvalue weighted by atomic mass is 10.1. The van der Waals surface area contributed by atoms with Crippen LogP contribution in [0, 0.1) is 25.6 Å². The van der Waals surface area contributed by atoms with Crippen molar-refractivity contribution in [1.29, 1.82) is 0 Å². The van der Waals surface area contributed by atoms with Crippen molar-refractivity contribution >= 4 is 35.4 Å². The summed E-state index contributed by atoms with van der Waals surface area (Å²) in [5, 5.41) is 2.06. The summed E-state index contributed by atoms with van der Waals surface area (Å²) in [6.45, 7) is 3.80. The molecule has 0 saturated carbocycles. The number of rotatable bonds is 3. The van der Waals surface area contributed by atoms with Crippen LogP contribution in [0.2, 0.25) is 0 Å². The summed E-state index contributed by atoms with van der Waals surface area (Å²) in [5.74, 6) is -3.71. The molecule has 1 aliphatic heterocycles. The Morgan fingerprint density at radius 2 is 1.85 bits per heavy atom. The van der Waals surface area contributed by atoms with Crippen LogP contribution >= 0.6 is 0 Å². The number of barbiturate groups is 1. The van der Waals surface area contributed by atoms with Crippen LogP contribution in [0.4, 0.5) is 20.6 Å². The average molecular weight is 353 g/mol. The lowest BCUT2D eigenvalue weighted by molar-refractivity contribution is -0.131. The second-order valence-electron chi connectivity index (χ2n) is 5.97. The summed E-state index contributed by atoms with van der Waals surface area (Å²) >= 11 is 0. The summed E-state index contributed by atoms with van der Waals surface area (Å²) in [4.78, 5) is 41.6. The fraction of sp³-hybridized carbons (Fsp3) is 0.158. The van der Waals surface area contributed by atoms with Crippen LogP contribution in [0.5, 0.6) is 0 Å². The number of nitrogens with zero attached hydrogens (tertiary/aromatic N) is 2. The minimum Gasteiger partial charge on any atom is -0.276 e. The molecule has 1 saturated heterocycles. The van der Waals surface area contributed by atoms with E-state index in [1.165, 1.54) is 24.4 Å². The maximum Gasteiger partial charge on any atom is 0.335 e. The highest BCUT2D eigenvalue weighted by molar-refractivity contribution is 6.32. The van der Waals surface area contributed by atoms with Gasteiger partial charge in [0.05, 0.1) is 11.4 Å². The first-order valence-corrected chi connectivity index (χ1v) is 7.93. The van der Waals surface area contributed by atoms with Gasteiger partial charge in [-0.1, -0.05) is 29.8 Å². The number of benzene rings is 2. The Morgan fingerprint density at radius 1 is 1.12 bits per heavy atom. The smallest absolute Gasteiger partial charge is 0.276 e. The van der Waals surface area contributed by atoms with Crippen LogP contribution in [0.25, 0.3) is 0 Å². The molecular formula is C19H16FN3O3. The molecule has 0 unspecified atom stereocenters. The first-order valence-electron chi connectivity index (χ1n) is 7.93. The predicted molar refractivity (Wildman–Crippen MR) is 95.0 cm³/mol. The van der Waals surface area contributed by atoms with Gasteiger partial charge in [0.25, 0.3) is 5.91 Å². The fourth-order valence-electron chi connectivity index (χ4n) is 2.69. The quantitative estimate of drug-likeness (QED) is 0.680. The van der Waals surface area contributed by atoms with Crippen LogP contribution in [0.3, 0.4) is 0 Å². The summed E-state index contributed by atoms with van der Waals surface area (Å²) in [6.07, 6.45) is 1.18. The fourth-order valence-corrected chi connectivity index (χ4v) is 2.69. The second kappa shape index (κ2) is 6.87. The van der Waals surface area contributed by atoms with E-state index in [1.807, 2.05) is 26.0 Å². The van der Waals surface area contributed by atoms with Crippen LogP contribution in [-0.2, 0) is 9.59 Å². The number of carbonyl (C=O) groups excluding carboxylic acids is 3. The van der Waals surface area contributed by atoms with Crippen LogP contribution in [0.1, 0.15) is 11.1 Å². The lowest BCUT2D eigenvalue weighted by Gasteiger charge is -2.28. The topological polar surface area (TPSA) is 78.8 Å². The minimum atomic E-state index is -1.33. The number of hydrogen-bond acceptors (Lipinski definition) is 4. The van der Waals surface area contributed by atoms with Gasteiger partial charge in [-0.05, 0) is 37.6 Å². The number of imide groups is 2. The van der Waals surface area contributed by atoms with Crippen molar-refractivity contribution in [3.8, 4) is 0 Å². The number of hydrogen-bond donors (Lipinski definition) is 1. The maximum absolute atomic E-state index is 14.0. The Morgan fingerprint density at radius 3 is 2.54 bits per heavy atom. The van der Waals surface area contributed by atoms with Crippen molar-refractivity contribution in [2.45, 2.75) is 13.8 Å². The monoisotopic (exact) mass is 353 g/mol. The van der Waals surface area contributed by atoms with Gasteiger partial charge < -0.3 is 0 Å². The van der Waals surface area contributed by atoms with Crippen molar-refractivity contribution in [2.24, 2.45) is 10.9 Å². The van der Waals surface area contributed by atoms with E-state index in [2.05, 4.69) is 10.3 Å². The summed E-state index contributed by atoms with van der Waals surface area (Å²) in [7, 11) is 0. The zero-order valence-electron chi connectivity index (χ0n) is 14.2. The Hall–Kier alpha value is -3.35. The van der Waals surface area contributed by atoms with E-state index in [1.54, 1.807) is 6.07 Å². The normalized spacial score (nSPS) is 17.7. The first kappa shape index (κ1) is 17.5. The maximum atomic E-state index is 14.0. The van der Waals surface area contributed by atoms with E-state index in [-0.39, 0.29) is 5.69 Å². The standard InChI is InChI=1S/C19H16FN3O3/c1-11-7-8-15(12(2)9-11)21-10-13-17(24)22-19(26)23(18(13)25)16-6-4-3-5-14(16)20/h3-10,13H,1-2H3,(H,22,24,26)/t13-/m1/s1. The molecule has 7 heteroatoms. The van der Waals surface area contributed by atoms with E-state index in [0.717, 1.165) is 17.2 Å². The zero-order valence-corrected chi connectivity index (χ0v) is 14.2. The number of para-hydroxylation sites is 1. The van der Waals surface area contributed by atoms with Crippen LogP contribution in [0.15, 0.2) is 47.5 Å². The molecule has 6 nitrogen and oxygen atoms in total. The summed E-state index contributed by atoms with van der Waals surface area (Å²) in [5.41, 5.74) is 2.33. The van der Waals surface area contributed by atoms with E-state index in [0.29, 0.717) is 10.6 Å². The van der Waals surface area contributed by atoms with E-state index >= 15 is 0 Å². The molecular weight excluding hydrogens is 337 g/mol. The van der Waals surface area contributed by atoms with Gasteiger partial charge in [-0.25, -0.2) is 14.1 Å². The molecule has 26 heavy (non-hydrogen) atoms. The molecule has 3 rings (SSSR count). The number of aryl methyl sites for hydroxylation is 2. The van der Waals surface area contributed by atoms with E-state index < -0.39 is 29.6 Å². The number of carbonyl (C=O) groups is 3. The zero-order chi connectivity index (χ0) is 18.8. The third-order valence-corrected chi connectivity index (χ3v) is 4.01. The second-order valence-corrected chi connectivity index (χ2v) is 5.97. The SMILES string of the molecule is Cc1ccc(N=C[C@@H]2C(=O)NC(=O)N(c3ccccc3F)C2=O)c(C)c1. The molecule has 1 aliphatic rings. The molecule has 1 heterocycles. The van der Waals surface area contributed by atoms with Crippen LogP contribution in [-0.4, -0.2) is 24.1 Å². The van der Waals surface area contributed by atoms with Crippen molar-refractivity contribution in [3.05, 3.63) is 59.4 Å². The molecule has 1 atom stereocenters. The molecule has 2 aromatic carbocycles. The van der Waals surface area contributed by atoms with Crippen LogP contribution < -0.4 is 10.2 Å². The van der Waals surface area contributed by atoms with Crippen molar-refractivity contribution in [3.63, 3.8) is 0 Å². The molecule has 0 bridgehead atoms. The lowest BCUT2D eigenvalue weighted by Crippen LogP contribution is -2.58. The Bertz CT molecular complexity index is 939. The Kier molecular flexibility index (Phi) is 4.62. The highest BCUT2D eigenvalue weighted by atomic mass is 19.1. The Balaban J connectivity index is 1.93. The minimum absolute atomic E-state index is 0.215. The molecule has 2 aromatic rings. The summed E-state index contributed by atoms with van der Waals surface area (Å²) in [6, 6.07) is 9.92. The van der Waals surface area contributed by atoms with Crippen molar-refractivity contribution in [1.82, 2.24) is 5.32 Å². The molecule has 0 spiro atoms. The highest BCUT2D eigenvalue weighted by Crippen LogP contribution is 2.24. The molecule has 0 aliphatic carbocycles. The summed E-state index contributed by atoms with van der Waals surface area (Å²) < 4.78 is 14.0. The first-order chi connectivity index (χ1) is 12.4. The third-order valence-electron chi connectivity index (χ3n) is 4.01. The van der Waals surface area contributed by atoms with Crippen molar-refractivity contribution < 1.29 is 18.8 Å². The van der Waals surface area contributed by atoms with E-state index in [4.69, 9.17) is 0 Å². The van der Waals surface area contributed by atoms with Gasteiger partial charge in [-0.15, -0.1) is 0 Å². The largest absolute Gasteiger partial charge is 0.335 e. The number of anilines is 1. The number of nitrogens with one attached hydrogen (secondary N) is 1. The van der Waals surface area contributed by atoms with Crippen molar-refractivity contribution in [2.75, 3.05) is 4.90 Å². The molecule has 1 N–H and O–H groups in total. The molecule has 4 amide bonds. The number of halogens is 1. The van der Waals surface area contributed by atoms with Gasteiger partial charge >= 0.3 is 6.03 Å². The van der Waals surface area contributed by atoms with Gasteiger partial charge in [-0.2, -0.15) is 0 Å². The molecule has 1 fully saturated rings. The molecule has 132 valence electrons. The number of amides is 4. The van der Waals surface area contributed by atoms with Gasteiger partial charge in [-0.3, -0.25) is 19.9 Å². The third kappa shape index (κ3) is 3.23. The Labute approximate surface area is 149 Å². The predicted octanol–water partition coefficient (Wildman–Crippen LogP) is 3.04. The van der Waals surface area contributed by atoms with Gasteiger partial charge in [0.1, 0.15) is 5.82 Å². The number of aliphatic imine (C=N–C) groups is 1. The molecule has 0 radical (unpaired) electrons. The van der Waals surface area contributed by atoms with Gasteiger partial charge in [0.2, 0.25) is 5.91 Å². The average Bonchev–Trinajstić information content (AvgIpc) is 2.57. The van der Waals surface area contributed by atoms with E-state index in [9.17, 15) is 18.8 Å². The van der Waals surface area contributed by atoms with Gasteiger partial charge in [0, 0.05) is 6.21 Å². The highest BCUT2D eigenvalue weighted by Gasteiger charge is 2.41.